The summed E-state index contributed by atoms with van der Waals surface area (Å²) < 4.78 is 27.6. The summed E-state index contributed by atoms with van der Waals surface area (Å²) >= 11 is 4.94. The van der Waals surface area contributed by atoms with Crippen molar-refractivity contribution in [2.45, 2.75) is 38.1 Å². The van der Waals surface area contributed by atoms with Crippen molar-refractivity contribution in [1.82, 2.24) is 9.44 Å². The minimum Gasteiger partial charge on any atom is -0.392 e. The Morgan fingerprint density at radius 1 is 1.38 bits per heavy atom. The fourth-order valence-corrected chi connectivity index (χ4v) is 3.18. The first-order chi connectivity index (χ1) is 7.46. The van der Waals surface area contributed by atoms with Gasteiger partial charge in [0.05, 0.1) is 11.0 Å². The maximum absolute atomic E-state index is 11.4. The van der Waals surface area contributed by atoms with Crippen LogP contribution < -0.4 is 15.2 Å². The predicted molar refractivity (Wildman–Crippen MR) is 68.3 cm³/mol. The Kier molecular flexibility index (Phi) is 5.10. The molecular formula is C9H19N3O2S2. The van der Waals surface area contributed by atoms with Gasteiger partial charge in [-0.2, -0.15) is 13.1 Å². The van der Waals surface area contributed by atoms with E-state index in [1.165, 1.54) is 13.5 Å². The molecule has 0 bridgehead atoms. The van der Waals surface area contributed by atoms with Crippen molar-refractivity contribution in [2.75, 3.05) is 7.05 Å². The Bertz CT molecular complexity index is 337. The van der Waals surface area contributed by atoms with E-state index in [0.717, 1.165) is 25.7 Å². The van der Waals surface area contributed by atoms with E-state index < -0.39 is 16.3 Å². The van der Waals surface area contributed by atoms with E-state index in [0.29, 0.717) is 0 Å². The van der Waals surface area contributed by atoms with Gasteiger partial charge in [0.25, 0.3) is 10.2 Å². The number of nitrogens with two attached hydrogens (primary N) is 1. The summed E-state index contributed by atoms with van der Waals surface area (Å²) in [4.78, 5) is 0.228. The largest absolute Gasteiger partial charge is 0.392 e. The average Bonchev–Trinajstić information content (AvgIpc) is 2.27. The Balaban J connectivity index is 2.70. The number of rotatable bonds is 5. The van der Waals surface area contributed by atoms with Crippen LogP contribution in [0.15, 0.2) is 0 Å². The summed E-state index contributed by atoms with van der Waals surface area (Å²) in [6.07, 6.45) is 5.40. The molecule has 1 unspecified atom stereocenters. The molecule has 1 fully saturated rings. The zero-order valence-corrected chi connectivity index (χ0v) is 11.0. The van der Waals surface area contributed by atoms with E-state index in [1.54, 1.807) is 0 Å². The third-order valence-corrected chi connectivity index (χ3v) is 4.33. The molecule has 0 saturated heterocycles. The molecule has 1 aliphatic rings. The van der Waals surface area contributed by atoms with E-state index in [1.807, 2.05) is 0 Å². The van der Waals surface area contributed by atoms with E-state index in [2.05, 4.69) is 9.44 Å². The van der Waals surface area contributed by atoms with Crippen LogP contribution in [-0.2, 0) is 10.2 Å². The zero-order valence-electron chi connectivity index (χ0n) is 9.40. The van der Waals surface area contributed by atoms with Gasteiger partial charge in [-0.25, -0.2) is 4.72 Å². The third kappa shape index (κ3) is 3.97. The Morgan fingerprint density at radius 2 is 1.94 bits per heavy atom. The van der Waals surface area contributed by atoms with E-state index in [4.69, 9.17) is 18.0 Å². The van der Waals surface area contributed by atoms with Crippen LogP contribution in [0, 0.1) is 5.92 Å². The van der Waals surface area contributed by atoms with Crippen molar-refractivity contribution >= 4 is 27.4 Å². The first-order valence-electron chi connectivity index (χ1n) is 5.46. The normalized spacial score (nSPS) is 20.6. The number of nitrogens with one attached hydrogen (secondary N) is 2. The van der Waals surface area contributed by atoms with Gasteiger partial charge in [-0.05, 0) is 18.8 Å². The van der Waals surface area contributed by atoms with Crippen molar-refractivity contribution < 1.29 is 8.42 Å². The topological polar surface area (TPSA) is 84.2 Å². The van der Waals surface area contributed by atoms with Gasteiger partial charge in [0.1, 0.15) is 0 Å². The van der Waals surface area contributed by atoms with Crippen LogP contribution in [0.1, 0.15) is 32.1 Å². The standard InChI is InChI=1S/C9H19N3O2S2/c1-11-16(13,14)12-8(9(10)15)7-5-3-2-4-6-7/h7-8,11-12H,2-6H2,1H3,(H2,10,15). The minimum atomic E-state index is -3.48. The van der Waals surface area contributed by atoms with Crippen molar-refractivity contribution in [2.24, 2.45) is 11.7 Å². The molecule has 5 nitrogen and oxygen atoms in total. The first kappa shape index (κ1) is 13.8. The lowest BCUT2D eigenvalue weighted by Gasteiger charge is -2.29. The lowest BCUT2D eigenvalue weighted by molar-refractivity contribution is 0.330. The lowest BCUT2D eigenvalue weighted by atomic mass is 9.84. The van der Waals surface area contributed by atoms with Crippen molar-refractivity contribution in [3.05, 3.63) is 0 Å². The summed E-state index contributed by atoms with van der Waals surface area (Å²) in [5, 5.41) is 0. The lowest BCUT2D eigenvalue weighted by Crippen LogP contribution is -2.51. The van der Waals surface area contributed by atoms with Crippen LogP contribution in [0.4, 0.5) is 0 Å². The van der Waals surface area contributed by atoms with Gasteiger partial charge in [0.15, 0.2) is 0 Å². The van der Waals surface area contributed by atoms with Crippen molar-refractivity contribution in [3.63, 3.8) is 0 Å². The Labute approximate surface area is 102 Å². The molecular weight excluding hydrogens is 246 g/mol. The molecule has 0 aromatic rings. The highest BCUT2D eigenvalue weighted by Gasteiger charge is 2.28. The van der Waals surface area contributed by atoms with Crippen LogP contribution >= 0.6 is 12.2 Å². The SMILES string of the molecule is CNS(=O)(=O)NC(C(N)=S)C1CCCCC1. The Morgan fingerprint density at radius 3 is 2.38 bits per heavy atom. The molecule has 94 valence electrons. The van der Waals surface area contributed by atoms with Crippen LogP contribution in [0.5, 0.6) is 0 Å². The minimum absolute atomic E-state index is 0.228. The number of hydrogen-bond acceptors (Lipinski definition) is 3. The molecule has 1 aliphatic carbocycles. The van der Waals surface area contributed by atoms with Gasteiger partial charge < -0.3 is 5.73 Å². The molecule has 1 saturated carbocycles. The maximum atomic E-state index is 11.4. The van der Waals surface area contributed by atoms with Crippen LogP contribution in [0.3, 0.4) is 0 Å². The molecule has 4 N–H and O–H groups in total. The molecule has 0 heterocycles. The van der Waals surface area contributed by atoms with Gasteiger partial charge in [-0.15, -0.1) is 0 Å². The number of hydrogen-bond donors (Lipinski definition) is 3. The van der Waals surface area contributed by atoms with E-state index in [-0.39, 0.29) is 10.9 Å². The second-order valence-electron chi connectivity index (χ2n) is 4.10. The van der Waals surface area contributed by atoms with E-state index in [9.17, 15) is 8.42 Å². The molecule has 16 heavy (non-hydrogen) atoms. The second-order valence-corrected chi connectivity index (χ2v) is 6.23. The zero-order chi connectivity index (χ0) is 12.2. The molecule has 0 aromatic heterocycles. The summed E-state index contributed by atoms with van der Waals surface area (Å²) in [6.45, 7) is 0. The van der Waals surface area contributed by atoms with Crippen LogP contribution in [0.25, 0.3) is 0 Å². The second kappa shape index (κ2) is 5.90. The molecule has 0 aromatic carbocycles. The molecule has 1 rings (SSSR count). The maximum Gasteiger partial charge on any atom is 0.277 e. The number of thiocarbonyl (C=S) groups is 1. The fourth-order valence-electron chi connectivity index (χ4n) is 2.08. The monoisotopic (exact) mass is 265 g/mol. The van der Waals surface area contributed by atoms with Gasteiger partial charge in [0, 0.05) is 7.05 Å². The van der Waals surface area contributed by atoms with Crippen molar-refractivity contribution in [1.29, 1.82) is 0 Å². The van der Waals surface area contributed by atoms with Crippen LogP contribution in [0.2, 0.25) is 0 Å². The molecule has 0 aliphatic heterocycles. The average molecular weight is 265 g/mol. The highest BCUT2D eigenvalue weighted by Crippen LogP contribution is 2.26. The first-order valence-corrected chi connectivity index (χ1v) is 7.35. The van der Waals surface area contributed by atoms with Crippen LogP contribution in [-0.4, -0.2) is 26.5 Å². The predicted octanol–water partition coefficient (Wildman–Crippen LogP) is 0.275. The quantitative estimate of drug-likeness (QED) is 0.623. The summed E-state index contributed by atoms with van der Waals surface area (Å²) in [6, 6.07) is -0.423. The van der Waals surface area contributed by atoms with Gasteiger partial charge in [0.2, 0.25) is 0 Å². The van der Waals surface area contributed by atoms with Crippen molar-refractivity contribution in [3.8, 4) is 0 Å². The molecule has 0 spiro atoms. The highest BCUT2D eigenvalue weighted by molar-refractivity contribution is 7.87. The summed E-state index contributed by atoms with van der Waals surface area (Å²) in [5.41, 5.74) is 5.61. The molecule has 1 atom stereocenters. The highest BCUT2D eigenvalue weighted by atomic mass is 32.2. The summed E-state index contributed by atoms with van der Waals surface area (Å²) in [5.74, 6) is 0.231. The smallest absolute Gasteiger partial charge is 0.277 e. The molecule has 7 heteroatoms. The van der Waals surface area contributed by atoms with Gasteiger partial charge in [-0.3, -0.25) is 0 Å². The van der Waals surface area contributed by atoms with Gasteiger partial charge in [-0.1, -0.05) is 31.5 Å². The molecule has 0 amide bonds. The van der Waals surface area contributed by atoms with Gasteiger partial charge >= 0.3 is 0 Å². The third-order valence-electron chi connectivity index (χ3n) is 2.98. The summed E-state index contributed by atoms with van der Waals surface area (Å²) in [7, 11) is -2.12. The fraction of sp³-hybridized carbons (Fsp3) is 0.889. The Hall–Kier alpha value is -0.240. The molecule has 0 radical (unpaired) electrons. The van der Waals surface area contributed by atoms with E-state index >= 15 is 0 Å².